The van der Waals surface area contributed by atoms with Crippen molar-refractivity contribution in [2.24, 2.45) is 11.8 Å². The highest BCUT2D eigenvalue weighted by Gasteiger charge is 2.22. The van der Waals surface area contributed by atoms with Crippen LogP contribution >= 0.6 is 0 Å². The van der Waals surface area contributed by atoms with Crippen LogP contribution in [0, 0.1) is 11.8 Å². The summed E-state index contributed by atoms with van der Waals surface area (Å²) in [5.41, 5.74) is 1.06. The minimum absolute atomic E-state index is 0.0627. The minimum Gasteiger partial charge on any atom is -0.462 e. The molecular formula is C22H37N3O2. The van der Waals surface area contributed by atoms with E-state index in [2.05, 4.69) is 43.2 Å². The molecule has 1 aliphatic rings. The van der Waals surface area contributed by atoms with E-state index >= 15 is 0 Å². The SMILES string of the molecule is CCCCCc1cn(C[C@H](C)[C@H]2C/C=C/C[C@@H](C)CCCCC(=O)O2)nn1. The second kappa shape index (κ2) is 11.9. The number of nitrogens with zero attached hydrogens (tertiary/aromatic N) is 3. The van der Waals surface area contributed by atoms with Crippen LogP contribution in [0.15, 0.2) is 18.3 Å². The topological polar surface area (TPSA) is 57.0 Å². The summed E-state index contributed by atoms with van der Waals surface area (Å²) in [7, 11) is 0. The van der Waals surface area contributed by atoms with Gasteiger partial charge in [-0.25, -0.2) is 0 Å². The van der Waals surface area contributed by atoms with E-state index in [9.17, 15) is 4.79 Å². The van der Waals surface area contributed by atoms with Gasteiger partial charge in [0.15, 0.2) is 0 Å². The maximum absolute atomic E-state index is 12.2. The van der Waals surface area contributed by atoms with Gasteiger partial charge in [0.2, 0.25) is 0 Å². The number of unbranched alkanes of at least 4 members (excludes halogenated alkanes) is 2. The van der Waals surface area contributed by atoms with Gasteiger partial charge in [-0.2, -0.15) is 0 Å². The van der Waals surface area contributed by atoms with E-state index in [1.807, 2.05) is 10.9 Å². The lowest BCUT2D eigenvalue weighted by Crippen LogP contribution is -2.28. The summed E-state index contributed by atoms with van der Waals surface area (Å²) < 4.78 is 7.72. The summed E-state index contributed by atoms with van der Waals surface area (Å²) in [6, 6.07) is 0. The Bertz CT molecular complexity index is 582. The van der Waals surface area contributed by atoms with Crippen molar-refractivity contribution in [1.82, 2.24) is 15.0 Å². The van der Waals surface area contributed by atoms with E-state index in [0.717, 1.165) is 50.8 Å². The Labute approximate surface area is 164 Å². The van der Waals surface area contributed by atoms with Crippen molar-refractivity contribution in [2.45, 2.75) is 97.6 Å². The molecule has 5 heteroatoms. The highest BCUT2D eigenvalue weighted by atomic mass is 16.5. The largest absolute Gasteiger partial charge is 0.462 e. The zero-order chi connectivity index (χ0) is 19.5. The predicted octanol–water partition coefficient (Wildman–Crippen LogP) is 5.11. The summed E-state index contributed by atoms with van der Waals surface area (Å²) in [6.45, 7) is 7.36. The summed E-state index contributed by atoms with van der Waals surface area (Å²) in [5.74, 6) is 0.824. The van der Waals surface area contributed by atoms with Crippen molar-refractivity contribution >= 4 is 5.97 Å². The summed E-state index contributed by atoms with van der Waals surface area (Å²) in [4.78, 5) is 12.2. The van der Waals surface area contributed by atoms with E-state index in [1.54, 1.807) is 0 Å². The standard InChI is InChI=1S/C22H37N3O2/c1-4-5-6-13-20-17-25(24-23-20)16-19(3)21-14-9-7-11-18(2)12-8-10-15-22(26)27-21/h7,9,17-19,21H,4-6,8,10-16H2,1-3H3/b9-7+/t18-,19+,21-/m1/s1. The molecule has 2 rings (SSSR count). The summed E-state index contributed by atoms with van der Waals surface area (Å²) in [6.07, 6.45) is 16.6. The van der Waals surface area contributed by atoms with Crippen molar-refractivity contribution in [3.63, 3.8) is 0 Å². The van der Waals surface area contributed by atoms with Crippen molar-refractivity contribution in [2.75, 3.05) is 0 Å². The van der Waals surface area contributed by atoms with Gasteiger partial charge in [0.1, 0.15) is 6.10 Å². The van der Waals surface area contributed by atoms with Crippen molar-refractivity contribution in [3.05, 3.63) is 24.0 Å². The third-order valence-electron chi connectivity index (χ3n) is 5.42. The highest BCUT2D eigenvalue weighted by molar-refractivity contribution is 5.69. The van der Waals surface area contributed by atoms with Gasteiger partial charge in [-0.1, -0.05) is 63.8 Å². The fraction of sp³-hybridized carbons (Fsp3) is 0.773. The van der Waals surface area contributed by atoms with Gasteiger partial charge in [-0.15, -0.1) is 5.10 Å². The fourth-order valence-electron chi connectivity index (χ4n) is 3.57. The van der Waals surface area contributed by atoms with E-state index in [-0.39, 0.29) is 18.0 Å². The van der Waals surface area contributed by atoms with Crippen LogP contribution in [0.2, 0.25) is 0 Å². The Morgan fingerprint density at radius 2 is 2.07 bits per heavy atom. The van der Waals surface area contributed by atoms with Crippen LogP contribution in [-0.4, -0.2) is 27.1 Å². The first-order valence-electron chi connectivity index (χ1n) is 10.8. The number of esters is 1. The molecule has 1 aliphatic heterocycles. The number of aryl methyl sites for hydroxylation is 1. The highest BCUT2D eigenvalue weighted by Crippen LogP contribution is 2.20. The third-order valence-corrected chi connectivity index (χ3v) is 5.42. The molecule has 0 aromatic carbocycles. The number of carbonyl (C=O) groups excluding carboxylic acids is 1. The molecule has 0 unspecified atom stereocenters. The molecule has 0 saturated carbocycles. The molecule has 27 heavy (non-hydrogen) atoms. The third kappa shape index (κ3) is 8.27. The van der Waals surface area contributed by atoms with Gasteiger partial charge in [-0.3, -0.25) is 9.48 Å². The maximum Gasteiger partial charge on any atom is 0.306 e. The van der Waals surface area contributed by atoms with Crippen molar-refractivity contribution in [3.8, 4) is 0 Å². The zero-order valence-electron chi connectivity index (χ0n) is 17.4. The molecule has 0 radical (unpaired) electrons. The quantitative estimate of drug-likeness (QED) is 0.378. The van der Waals surface area contributed by atoms with Crippen LogP contribution in [-0.2, 0) is 22.5 Å². The smallest absolute Gasteiger partial charge is 0.306 e. The maximum atomic E-state index is 12.2. The van der Waals surface area contributed by atoms with Crippen molar-refractivity contribution in [1.29, 1.82) is 0 Å². The second-order valence-corrected chi connectivity index (χ2v) is 8.19. The predicted molar refractivity (Wildman–Crippen MR) is 108 cm³/mol. The fourth-order valence-corrected chi connectivity index (χ4v) is 3.57. The van der Waals surface area contributed by atoms with E-state index in [0.29, 0.717) is 12.3 Å². The van der Waals surface area contributed by atoms with Crippen molar-refractivity contribution < 1.29 is 9.53 Å². The molecule has 0 saturated heterocycles. The number of allylic oxidation sites excluding steroid dienone is 1. The van der Waals surface area contributed by atoms with Gasteiger partial charge >= 0.3 is 5.97 Å². The number of cyclic esters (lactones) is 1. The molecule has 3 atom stereocenters. The lowest BCUT2D eigenvalue weighted by atomic mass is 9.97. The number of carbonyl (C=O) groups is 1. The number of rotatable bonds is 7. The van der Waals surface area contributed by atoms with Crippen LogP contribution in [0.4, 0.5) is 0 Å². The molecule has 2 heterocycles. The first kappa shape index (κ1) is 21.6. The van der Waals surface area contributed by atoms with Gasteiger partial charge in [-0.05, 0) is 31.6 Å². The van der Waals surface area contributed by atoms with Crippen LogP contribution < -0.4 is 0 Å². The van der Waals surface area contributed by atoms with Crippen LogP contribution in [0.25, 0.3) is 0 Å². The molecule has 0 spiro atoms. The van der Waals surface area contributed by atoms with Crippen LogP contribution in [0.5, 0.6) is 0 Å². The normalized spacial score (nSPS) is 24.5. The summed E-state index contributed by atoms with van der Waals surface area (Å²) in [5, 5.41) is 8.55. The van der Waals surface area contributed by atoms with Crippen LogP contribution in [0.3, 0.4) is 0 Å². The average Bonchev–Trinajstić information content (AvgIpc) is 3.07. The first-order chi connectivity index (χ1) is 13.1. The number of aromatic nitrogens is 3. The Balaban J connectivity index is 1.93. The minimum atomic E-state index is -0.101. The Hall–Kier alpha value is -1.65. The Morgan fingerprint density at radius 1 is 1.26 bits per heavy atom. The molecule has 5 nitrogen and oxygen atoms in total. The molecule has 0 fully saturated rings. The molecule has 0 bridgehead atoms. The lowest BCUT2D eigenvalue weighted by Gasteiger charge is -2.23. The lowest BCUT2D eigenvalue weighted by molar-refractivity contribution is -0.151. The zero-order valence-corrected chi connectivity index (χ0v) is 17.4. The molecule has 1 aromatic heterocycles. The number of hydrogen-bond donors (Lipinski definition) is 0. The number of hydrogen-bond acceptors (Lipinski definition) is 4. The van der Waals surface area contributed by atoms with Gasteiger partial charge in [0.25, 0.3) is 0 Å². The van der Waals surface area contributed by atoms with E-state index < -0.39 is 0 Å². The average molecular weight is 376 g/mol. The van der Waals surface area contributed by atoms with E-state index in [4.69, 9.17) is 4.74 Å². The molecule has 0 aliphatic carbocycles. The molecule has 152 valence electrons. The van der Waals surface area contributed by atoms with Gasteiger partial charge < -0.3 is 4.74 Å². The Kier molecular flexibility index (Phi) is 9.57. The Morgan fingerprint density at radius 3 is 2.89 bits per heavy atom. The van der Waals surface area contributed by atoms with E-state index in [1.165, 1.54) is 19.3 Å². The van der Waals surface area contributed by atoms with Gasteiger partial charge in [0, 0.05) is 31.5 Å². The second-order valence-electron chi connectivity index (χ2n) is 8.19. The molecular weight excluding hydrogens is 338 g/mol. The van der Waals surface area contributed by atoms with Gasteiger partial charge in [0.05, 0.1) is 5.69 Å². The first-order valence-corrected chi connectivity index (χ1v) is 10.8. The summed E-state index contributed by atoms with van der Waals surface area (Å²) >= 11 is 0. The monoisotopic (exact) mass is 375 g/mol. The number of ether oxygens (including phenoxy) is 1. The molecule has 0 N–H and O–H groups in total. The molecule has 0 amide bonds. The van der Waals surface area contributed by atoms with Crippen LogP contribution in [0.1, 0.15) is 84.3 Å². The molecule has 1 aromatic rings.